The number of likely N-dealkylation sites (N-methyl/N-ethyl adjacent to an activating group) is 1. The summed E-state index contributed by atoms with van der Waals surface area (Å²) < 4.78 is 51.9. The Morgan fingerprint density at radius 2 is 1.26 bits per heavy atom. The normalized spacial score (nSPS) is 37.4. The van der Waals surface area contributed by atoms with E-state index >= 15 is 0 Å². The van der Waals surface area contributed by atoms with Crippen LogP contribution in [-0.4, -0.2) is 155 Å². The average molecular weight is 1060 g/mol. The summed E-state index contributed by atoms with van der Waals surface area (Å²) >= 11 is 0. The van der Waals surface area contributed by atoms with Crippen LogP contribution in [0.2, 0.25) is 0 Å². The highest BCUT2D eigenvalue weighted by Gasteiger charge is 2.55. The van der Waals surface area contributed by atoms with Gasteiger partial charge in [-0.2, -0.15) is 0 Å². The number of benzene rings is 3. The van der Waals surface area contributed by atoms with Crippen molar-refractivity contribution in [3.05, 3.63) is 108 Å². The number of hydrogen-bond donors (Lipinski definition) is 3. The summed E-state index contributed by atoms with van der Waals surface area (Å²) in [6, 6.07) is 24.8. The minimum atomic E-state index is -2.10. The summed E-state index contributed by atoms with van der Waals surface area (Å²) in [4.78, 5) is 63.1. The fourth-order valence-electron chi connectivity index (χ4n) is 11.2. The topological polar surface area (TPSA) is 228 Å². The van der Waals surface area contributed by atoms with Gasteiger partial charge in [0.05, 0.1) is 70.5 Å². The van der Waals surface area contributed by atoms with E-state index in [-0.39, 0.29) is 30.5 Å². The zero-order valence-corrected chi connectivity index (χ0v) is 46.2. The molecular weight excluding hydrogens is 981 g/mol. The van der Waals surface area contributed by atoms with Gasteiger partial charge in [0.2, 0.25) is 0 Å². The summed E-state index contributed by atoms with van der Waals surface area (Å²) in [6.07, 6.45) is -10.9. The van der Waals surface area contributed by atoms with Gasteiger partial charge in [0.1, 0.15) is 17.3 Å². The van der Waals surface area contributed by atoms with Crippen LogP contribution in [0.5, 0.6) is 0 Å². The van der Waals surface area contributed by atoms with E-state index in [1.807, 2.05) is 25.9 Å². The Morgan fingerprint density at radius 3 is 1.79 bits per heavy atom. The van der Waals surface area contributed by atoms with Crippen LogP contribution in [0, 0.1) is 23.7 Å². The number of rotatable bonds is 13. The van der Waals surface area contributed by atoms with Crippen LogP contribution in [0.15, 0.2) is 96.2 Å². The highest BCUT2D eigenvalue weighted by atomic mass is 16.7. The van der Waals surface area contributed by atoms with Gasteiger partial charge in [-0.15, -0.1) is 0 Å². The molecule has 0 radical (unpaired) electrons. The number of ether oxygens (including phenoxy) is 8. The minimum Gasteiger partial charge on any atom is -0.459 e. The Bertz CT molecular complexity index is 2420. The van der Waals surface area contributed by atoms with E-state index in [0.29, 0.717) is 17.5 Å². The zero-order chi connectivity index (χ0) is 55.9. The number of nitrogens with zero attached hydrogens (tertiary/aromatic N) is 2. The predicted octanol–water partition coefficient (Wildman–Crippen LogP) is 7.16. The van der Waals surface area contributed by atoms with Crippen molar-refractivity contribution in [1.82, 2.24) is 4.90 Å². The second-order valence-corrected chi connectivity index (χ2v) is 21.8. The number of aliphatic hydroxyl groups excluding tert-OH is 1. The maximum atomic E-state index is 14.8. The first kappa shape index (κ1) is 60.1. The van der Waals surface area contributed by atoms with E-state index in [1.54, 1.807) is 146 Å². The Labute approximate surface area is 447 Å². The van der Waals surface area contributed by atoms with Crippen molar-refractivity contribution in [2.75, 3.05) is 21.2 Å². The van der Waals surface area contributed by atoms with Gasteiger partial charge in [0, 0.05) is 31.3 Å². The molecule has 18 heteroatoms. The predicted molar refractivity (Wildman–Crippen MR) is 280 cm³/mol. The van der Waals surface area contributed by atoms with Gasteiger partial charge in [0.15, 0.2) is 24.8 Å². The van der Waals surface area contributed by atoms with E-state index in [2.05, 4.69) is 5.16 Å². The first-order valence-electron chi connectivity index (χ1n) is 26.4. The van der Waals surface area contributed by atoms with Gasteiger partial charge in [-0.05, 0) is 111 Å². The van der Waals surface area contributed by atoms with Crippen LogP contribution in [0.4, 0.5) is 0 Å². The molecule has 3 aromatic carbocycles. The third-order valence-electron chi connectivity index (χ3n) is 15.5. The molecule has 3 fully saturated rings. The summed E-state index contributed by atoms with van der Waals surface area (Å²) in [5, 5.41) is 42.1. The van der Waals surface area contributed by atoms with E-state index < -0.39 is 132 Å². The molecule has 0 bridgehead atoms. The van der Waals surface area contributed by atoms with Crippen molar-refractivity contribution in [2.45, 2.75) is 179 Å². The molecule has 418 valence electrons. The van der Waals surface area contributed by atoms with E-state index in [9.17, 15) is 34.5 Å². The quantitative estimate of drug-likeness (QED) is 0.0668. The number of oxime groups is 1. The smallest absolute Gasteiger partial charge is 0.365 e. The molecule has 6 rings (SSSR count). The fourth-order valence-corrected chi connectivity index (χ4v) is 11.2. The van der Waals surface area contributed by atoms with Gasteiger partial charge >= 0.3 is 23.9 Å². The van der Waals surface area contributed by atoms with Gasteiger partial charge < -0.3 is 63.0 Å². The maximum Gasteiger partial charge on any atom is 0.365 e. The molecule has 0 aromatic heterocycles. The summed E-state index contributed by atoms with van der Waals surface area (Å²) in [6.45, 7) is 16.6. The van der Waals surface area contributed by atoms with Crippen molar-refractivity contribution in [3.8, 4) is 0 Å². The molecule has 3 aliphatic heterocycles. The number of cyclic esters (lactones) is 1. The molecular formula is C58H80N2O16. The second kappa shape index (κ2) is 25.5. The van der Waals surface area contributed by atoms with E-state index in [4.69, 9.17) is 42.7 Å². The van der Waals surface area contributed by atoms with Crippen LogP contribution < -0.4 is 0 Å². The molecule has 18 nitrogen and oxygen atoms in total. The summed E-state index contributed by atoms with van der Waals surface area (Å²) in [5.74, 6) is -6.90. The number of aliphatic hydroxyl groups is 3. The molecule has 3 heterocycles. The molecule has 0 unspecified atom stereocenters. The molecule has 0 spiro atoms. The number of carbonyl (C=O) groups excluding carboxylic acids is 4. The lowest BCUT2D eigenvalue weighted by Crippen LogP contribution is -2.62. The van der Waals surface area contributed by atoms with Crippen molar-refractivity contribution >= 4 is 29.6 Å². The van der Waals surface area contributed by atoms with Gasteiger partial charge in [-0.1, -0.05) is 87.4 Å². The van der Waals surface area contributed by atoms with Gasteiger partial charge in [0.25, 0.3) is 0 Å². The monoisotopic (exact) mass is 1060 g/mol. The molecule has 3 N–H and O–H groups in total. The van der Waals surface area contributed by atoms with Crippen molar-refractivity contribution < 1.29 is 77.2 Å². The SMILES string of the molecule is CC[C@H]1OC(=O)[C@H](C)[C@@H](O[C@H]2C[C@@](C)(OC)[C@@H](OC(=O)c3ccccc3)[C@H](C)O2)[C@H](C)[C@@H](O[C@@H]2O[C@H](C)C[C@H](N(C)C)[C@H]2OC(=O)c2ccccc2)[C@](C)(O)C[C@@H](C)/C(=N/OC(=O)c2ccccc2)[C@H](C)[C@@H](O)[C@]1(C)O. The minimum absolute atomic E-state index is 0.00626. The number of hydrogen-bond acceptors (Lipinski definition) is 18. The van der Waals surface area contributed by atoms with Crippen molar-refractivity contribution in [2.24, 2.45) is 28.8 Å². The molecule has 0 saturated carbocycles. The van der Waals surface area contributed by atoms with Crippen LogP contribution in [0.3, 0.4) is 0 Å². The van der Waals surface area contributed by atoms with Crippen molar-refractivity contribution in [3.63, 3.8) is 0 Å². The lowest BCUT2D eigenvalue weighted by molar-refractivity contribution is -0.317. The van der Waals surface area contributed by atoms with Crippen LogP contribution in [0.25, 0.3) is 0 Å². The highest BCUT2D eigenvalue weighted by molar-refractivity contribution is 5.92. The highest BCUT2D eigenvalue weighted by Crippen LogP contribution is 2.42. The molecule has 0 aliphatic carbocycles. The average Bonchev–Trinajstić information content (AvgIpc) is 3.39. The number of carbonyl (C=O) groups is 4. The molecule has 0 amide bonds. The van der Waals surface area contributed by atoms with E-state index in [0.717, 1.165) is 0 Å². The standard InChI is InChI=1S/C58H80N2O16/c1-14-43-58(10,67)48(61)35(4)45(59-76-54(65)41-28-22-17-23-29-41)33(2)31-56(8,66)49(75-55-47(42(60(11)12)30-34(3)69-55)73-52(63)39-24-18-15-19-25-39)36(5)46(37(6)51(62)71-43)72-44-32-57(9,68-13)50(38(7)70-44)74-53(64)40-26-20-16-21-27-40/h15-29,33-38,42-44,46-50,55,61,66-67H,14,30-32H2,1-13H3/b59-45-/t33-,34-,35+,36+,37-,38+,42+,43-,44+,46+,47-,48-,49-,50+,55+,56-,57-,58-/m1/s1. The lowest BCUT2D eigenvalue weighted by Gasteiger charge is -2.49. The second-order valence-electron chi connectivity index (χ2n) is 21.8. The molecule has 3 aromatic rings. The van der Waals surface area contributed by atoms with Crippen LogP contribution in [-0.2, 0) is 47.5 Å². The molecule has 18 atom stereocenters. The summed E-state index contributed by atoms with van der Waals surface area (Å²) in [5.41, 5.74) is -4.32. The van der Waals surface area contributed by atoms with Gasteiger partial charge in [-0.3, -0.25) is 4.79 Å². The van der Waals surface area contributed by atoms with Gasteiger partial charge in [-0.25, -0.2) is 14.4 Å². The number of esters is 3. The van der Waals surface area contributed by atoms with Crippen LogP contribution in [0.1, 0.15) is 126 Å². The fraction of sp³-hybridized carbons (Fsp3) is 0.603. The Balaban J connectivity index is 1.47. The molecule has 3 aliphatic rings. The Morgan fingerprint density at radius 1 is 0.724 bits per heavy atom. The van der Waals surface area contributed by atoms with E-state index in [1.165, 1.54) is 14.0 Å². The Kier molecular flexibility index (Phi) is 20.2. The first-order chi connectivity index (χ1) is 35.8. The van der Waals surface area contributed by atoms with Crippen LogP contribution >= 0.6 is 0 Å². The zero-order valence-electron chi connectivity index (χ0n) is 46.2. The van der Waals surface area contributed by atoms with Crippen molar-refractivity contribution in [1.29, 1.82) is 0 Å². The first-order valence-corrected chi connectivity index (χ1v) is 26.4. The largest absolute Gasteiger partial charge is 0.459 e. The lowest BCUT2D eigenvalue weighted by atomic mass is 9.73. The third kappa shape index (κ3) is 13.9. The summed E-state index contributed by atoms with van der Waals surface area (Å²) in [7, 11) is 5.21. The molecule has 76 heavy (non-hydrogen) atoms. The third-order valence-corrected chi connectivity index (χ3v) is 15.5. The maximum absolute atomic E-state index is 14.8. The molecule has 3 saturated heterocycles. The number of methoxy groups -OCH3 is 1. The Hall–Kier alpha value is -5.15.